The van der Waals surface area contributed by atoms with Crippen molar-refractivity contribution < 1.29 is 4.79 Å². The highest BCUT2D eigenvalue weighted by atomic mass is 35.5. The van der Waals surface area contributed by atoms with Crippen LogP contribution in [0, 0.1) is 0 Å². The molecule has 18 heavy (non-hydrogen) atoms. The average Bonchev–Trinajstić information content (AvgIpc) is 2.78. The zero-order chi connectivity index (χ0) is 13.1. The normalized spacial score (nSPS) is 10.7. The maximum Gasteiger partial charge on any atom is 0.259 e. The zero-order valence-corrected chi connectivity index (χ0v) is 11.5. The van der Waals surface area contributed by atoms with E-state index in [0.717, 1.165) is 5.01 Å². The Labute approximate surface area is 114 Å². The van der Waals surface area contributed by atoms with Crippen molar-refractivity contribution in [1.29, 1.82) is 0 Å². The van der Waals surface area contributed by atoms with Crippen LogP contribution in [-0.4, -0.2) is 16.1 Å². The van der Waals surface area contributed by atoms with Gasteiger partial charge in [0.1, 0.15) is 5.01 Å². The molecule has 0 aliphatic carbocycles. The first-order chi connectivity index (χ1) is 8.58. The molecule has 6 heteroatoms. The fourth-order valence-electron chi connectivity index (χ4n) is 1.33. The van der Waals surface area contributed by atoms with E-state index >= 15 is 0 Å². The highest BCUT2D eigenvalue weighted by molar-refractivity contribution is 7.15. The summed E-state index contributed by atoms with van der Waals surface area (Å²) in [6.45, 7) is 4.06. The van der Waals surface area contributed by atoms with Gasteiger partial charge in [0.15, 0.2) is 0 Å². The van der Waals surface area contributed by atoms with Crippen molar-refractivity contribution in [3.05, 3.63) is 39.9 Å². The summed E-state index contributed by atoms with van der Waals surface area (Å²) in [6, 6.07) is 6.89. The summed E-state index contributed by atoms with van der Waals surface area (Å²) >= 11 is 7.32. The van der Waals surface area contributed by atoms with Gasteiger partial charge in [-0.3, -0.25) is 10.1 Å². The Morgan fingerprint density at radius 3 is 2.67 bits per heavy atom. The number of rotatable bonds is 3. The molecule has 1 N–H and O–H groups in total. The van der Waals surface area contributed by atoms with E-state index in [-0.39, 0.29) is 5.91 Å². The van der Waals surface area contributed by atoms with Gasteiger partial charge in [0.05, 0.1) is 10.6 Å². The topological polar surface area (TPSA) is 54.9 Å². The van der Waals surface area contributed by atoms with Crippen LogP contribution in [0.15, 0.2) is 24.3 Å². The molecule has 0 saturated carbocycles. The van der Waals surface area contributed by atoms with Gasteiger partial charge in [-0.15, -0.1) is 10.2 Å². The van der Waals surface area contributed by atoms with E-state index in [4.69, 9.17) is 11.6 Å². The Balaban J connectivity index is 2.14. The molecular weight excluding hydrogens is 270 g/mol. The molecule has 1 aromatic carbocycles. The molecule has 1 amide bonds. The zero-order valence-electron chi connectivity index (χ0n) is 9.98. The number of hydrogen-bond acceptors (Lipinski definition) is 4. The average molecular weight is 282 g/mol. The lowest BCUT2D eigenvalue weighted by Crippen LogP contribution is -2.12. The minimum Gasteiger partial charge on any atom is -0.296 e. The number of aromatic nitrogens is 2. The lowest BCUT2D eigenvalue weighted by molar-refractivity contribution is 0.102. The summed E-state index contributed by atoms with van der Waals surface area (Å²) in [5.41, 5.74) is 0.431. The number of nitrogens with one attached hydrogen (secondary N) is 1. The number of hydrogen-bond donors (Lipinski definition) is 1. The molecule has 1 heterocycles. The second-order valence-corrected chi connectivity index (χ2v) is 5.45. The van der Waals surface area contributed by atoms with Crippen LogP contribution >= 0.6 is 22.9 Å². The molecule has 0 spiro atoms. The van der Waals surface area contributed by atoms with Gasteiger partial charge in [0, 0.05) is 5.92 Å². The number of halogens is 1. The number of anilines is 1. The number of nitrogens with zero attached hydrogens (tertiary/aromatic N) is 2. The number of benzene rings is 1. The molecule has 0 atom stereocenters. The highest BCUT2D eigenvalue weighted by Gasteiger charge is 2.13. The quantitative estimate of drug-likeness (QED) is 0.936. The molecule has 94 valence electrons. The third kappa shape index (κ3) is 2.86. The summed E-state index contributed by atoms with van der Waals surface area (Å²) in [5, 5.41) is 12.4. The largest absolute Gasteiger partial charge is 0.296 e. The van der Waals surface area contributed by atoms with E-state index in [2.05, 4.69) is 15.5 Å². The van der Waals surface area contributed by atoms with Crippen LogP contribution in [0.2, 0.25) is 5.02 Å². The van der Waals surface area contributed by atoms with E-state index in [1.54, 1.807) is 24.3 Å². The van der Waals surface area contributed by atoms with Crippen LogP contribution in [0.3, 0.4) is 0 Å². The first-order valence-corrected chi connectivity index (χ1v) is 6.66. The molecule has 1 aromatic heterocycles. The standard InChI is InChI=1S/C12H12ClN3OS/c1-7(2)11-15-16-12(18-11)14-10(17)8-5-3-4-6-9(8)13/h3-7H,1-2H3,(H,14,16,17). The van der Waals surface area contributed by atoms with Crippen molar-refractivity contribution >= 4 is 34.0 Å². The van der Waals surface area contributed by atoms with Crippen LogP contribution in [0.1, 0.15) is 35.1 Å². The van der Waals surface area contributed by atoms with Gasteiger partial charge < -0.3 is 0 Å². The molecule has 4 nitrogen and oxygen atoms in total. The molecule has 0 bridgehead atoms. The summed E-state index contributed by atoms with van der Waals surface area (Å²) in [7, 11) is 0. The van der Waals surface area contributed by atoms with E-state index in [0.29, 0.717) is 21.6 Å². The van der Waals surface area contributed by atoms with Crippen molar-refractivity contribution in [1.82, 2.24) is 10.2 Å². The number of amides is 1. The van der Waals surface area contributed by atoms with Crippen molar-refractivity contribution in [2.24, 2.45) is 0 Å². The van der Waals surface area contributed by atoms with Crippen LogP contribution in [0.5, 0.6) is 0 Å². The summed E-state index contributed by atoms with van der Waals surface area (Å²) in [5.74, 6) is 0.0283. The van der Waals surface area contributed by atoms with Crippen molar-refractivity contribution in [3.63, 3.8) is 0 Å². The highest BCUT2D eigenvalue weighted by Crippen LogP contribution is 2.23. The third-order valence-electron chi connectivity index (χ3n) is 2.27. The minimum atomic E-state index is -0.271. The van der Waals surface area contributed by atoms with Crippen molar-refractivity contribution in [3.8, 4) is 0 Å². The fraction of sp³-hybridized carbons (Fsp3) is 0.250. The molecule has 0 unspecified atom stereocenters. The number of carbonyl (C=O) groups excluding carboxylic acids is 1. The Bertz CT molecular complexity index is 568. The Morgan fingerprint density at radius 1 is 1.33 bits per heavy atom. The fourth-order valence-corrected chi connectivity index (χ4v) is 2.29. The van der Waals surface area contributed by atoms with Gasteiger partial charge in [-0.2, -0.15) is 0 Å². The summed E-state index contributed by atoms with van der Waals surface area (Å²) in [6.07, 6.45) is 0. The predicted octanol–water partition coefficient (Wildman–Crippen LogP) is 3.57. The lowest BCUT2D eigenvalue weighted by atomic mass is 10.2. The maximum atomic E-state index is 12.0. The monoisotopic (exact) mass is 281 g/mol. The molecular formula is C12H12ClN3OS. The van der Waals surface area contributed by atoms with Crippen molar-refractivity contribution in [2.45, 2.75) is 19.8 Å². The Hall–Kier alpha value is -1.46. The van der Waals surface area contributed by atoms with Gasteiger partial charge >= 0.3 is 0 Å². The van der Waals surface area contributed by atoms with E-state index in [1.165, 1.54) is 11.3 Å². The Morgan fingerprint density at radius 2 is 2.06 bits per heavy atom. The summed E-state index contributed by atoms with van der Waals surface area (Å²) < 4.78 is 0. The van der Waals surface area contributed by atoms with Crippen LogP contribution in [-0.2, 0) is 0 Å². The molecule has 2 rings (SSSR count). The number of carbonyl (C=O) groups is 1. The summed E-state index contributed by atoms with van der Waals surface area (Å²) in [4.78, 5) is 12.0. The van der Waals surface area contributed by atoms with Crippen LogP contribution < -0.4 is 5.32 Å². The first-order valence-electron chi connectivity index (χ1n) is 5.47. The molecule has 0 fully saturated rings. The van der Waals surface area contributed by atoms with Gasteiger partial charge in [-0.05, 0) is 12.1 Å². The molecule has 0 saturated heterocycles. The van der Waals surface area contributed by atoms with Crippen LogP contribution in [0.4, 0.5) is 5.13 Å². The molecule has 0 aliphatic heterocycles. The minimum absolute atomic E-state index is 0.271. The third-order valence-corrected chi connectivity index (χ3v) is 3.74. The van der Waals surface area contributed by atoms with Gasteiger partial charge in [0.2, 0.25) is 5.13 Å². The first kappa shape index (κ1) is 13.0. The second kappa shape index (κ2) is 5.46. The van der Waals surface area contributed by atoms with Gasteiger partial charge in [-0.1, -0.05) is 48.9 Å². The van der Waals surface area contributed by atoms with E-state index in [9.17, 15) is 4.79 Å². The van der Waals surface area contributed by atoms with Crippen molar-refractivity contribution in [2.75, 3.05) is 5.32 Å². The maximum absolute atomic E-state index is 12.0. The molecule has 0 radical (unpaired) electrons. The van der Waals surface area contributed by atoms with E-state index < -0.39 is 0 Å². The molecule has 0 aliphatic rings. The van der Waals surface area contributed by atoms with Gasteiger partial charge in [-0.25, -0.2) is 0 Å². The molecule has 2 aromatic rings. The smallest absolute Gasteiger partial charge is 0.259 e. The second-order valence-electron chi connectivity index (χ2n) is 4.03. The Kier molecular flexibility index (Phi) is 3.93. The lowest BCUT2D eigenvalue weighted by Gasteiger charge is -2.02. The predicted molar refractivity (Wildman–Crippen MR) is 73.4 cm³/mol. The van der Waals surface area contributed by atoms with E-state index in [1.807, 2.05) is 13.8 Å². The van der Waals surface area contributed by atoms with Gasteiger partial charge in [0.25, 0.3) is 5.91 Å². The van der Waals surface area contributed by atoms with Crippen LogP contribution in [0.25, 0.3) is 0 Å². The SMILES string of the molecule is CC(C)c1nnc(NC(=O)c2ccccc2Cl)s1.